The summed E-state index contributed by atoms with van der Waals surface area (Å²) in [5.41, 5.74) is 6.41. The molecule has 1 unspecified atom stereocenters. The van der Waals surface area contributed by atoms with Gasteiger partial charge in [-0.25, -0.2) is 9.55 Å². The highest BCUT2D eigenvalue weighted by atomic mass is 31.2. The molecular formula is C23H36N5O9P. The third-order valence-electron chi connectivity index (χ3n) is 5.46. The molecule has 212 valence electrons. The predicted octanol–water partition coefficient (Wildman–Crippen LogP) is 3.56. The first-order chi connectivity index (χ1) is 18.1. The minimum atomic E-state index is -3.93. The number of nitrogens with zero attached hydrogens (tertiary/aromatic N) is 4. The Hall–Kier alpha value is -2.64. The van der Waals surface area contributed by atoms with Gasteiger partial charge >= 0.3 is 19.8 Å². The van der Waals surface area contributed by atoms with Gasteiger partial charge in [0.15, 0.2) is 11.2 Å². The van der Waals surface area contributed by atoms with Crippen LogP contribution in [-0.4, -0.2) is 64.0 Å². The van der Waals surface area contributed by atoms with E-state index in [1.807, 2.05) is 20.8 Å². The number of carbonyl (C=O) groups excluding carboxylic acids is 2. The minimum absolute atomic E-state index is 0.0337. The second-order valence-electron chi connectivity index (χ2n) is 9.16. The molecule has 14 nitrogen and oxygen atoms in total. The van der Waals surface area contributed by atoms with Crippen LogP contribution in [-0.2, 0) is 37.2 Å². The molecule has 1 aliphatic heterocycles. The summed E-state index contributed by atoms with van der Waals surface area (Å²) in [7, 11) is -3.93. The van der Waals surface area contributed by atoms with E-state index in [1.165, 1.54) is 13.3 Å². The molecule has 0 bridgehead atoms. The number of hydrogen-bond acceptors (Lipinski definition) is 13. The Morgan fingerprint density at radius 1 is 1.18 bits per heavy atom. The van der Waals surface area contributed by atoms with Gasteiger partial charge in [0.05, 0.1) is 32.3 Å². The number of carbonyl (C=O) groups is 2. The third-order valence-corrected chi connectivity index (χ3v) is 6.92. The summed E-state index contributed by atoms with van der Waals surface area (Å²) in [4.78, 5) is 35.4. The van der Waals surface area contributed by atoms with E-state index in [0.717, 1.165) is 0 Å². The van der Waals surface area contributed by atoms with Crippen molar-refractivity contribution in [3.05, 3.63) is 6.33 Å². The number of hydrogen-bond donors (Lipinski definition) is 1. The third kappa shape index (κ3) is 8.70. The van der Waals surface area contributed by atoms with E-state index in [9.17, 15) is 14.2 Å². The van der Waals surface area contributed by atoms with Crippen molar-refractivity contribution < 1.29 is 41.9 Å². The average molecular weight is 558 g/mol. The lowest BCUT2D eigenvalue weighted by Gasteiger charge is -2.21. The summed E-state index contributed by atoms with van der Waals surface area (Å²) in [6.07, 6.45) is 3.42. The molecule has 15 heteroatoms. The monoisotopic (exact) mass is 557 g/mol. The number of rotatable bonds is 15. The van der Waals surface area contributed by atoms with Crippen LogP contribution >= 0.6 is 7.82 Å². The normalized spacial score (nSPS) is 19.1. The van der Waals surface area contributed by atoms with Crippen molar-refractivity contribution in [1.82, 2.24) is 19.5 Å². The lowest BCUT2D eigenvalue weighted by molar-refractivity contribution is -0.144. The van der Waals surface area contributed by atoms with Crippen LogP contribution in [0.1, 0.15) is 66.0 Å². The summed E-state index contributed by atoms with van der Waals surface area (Å²) < 4.78 is 47.6. The standard InChI is InChI=1S/C23H36N5O9P/c1-5-6-19(30)32-11-12-34-38(31,33-10-9-15(2)3)35-13-17-7-8-18(37-17)28-14-25-20-21(28)26-23(24)27-22(20)36-16(4)29/h14-15,17-18H,5-13H2,1-4H3,(H2,24,26,27)/t17-,18+,38?/m0/s1. The van der Waals surface area contributed by atoms with Crippen LogP contribution in [0, 0.1) is 5.92 Å². The second-order valence-corrected chi connectivity index (χ2v) is 10.8. The van der Waals surface area contributed by atoms with E-state index in [-0.39, 0.29) is 49.7 Å². The van der Waals surface area contributed by atoms with Gasteiger partial charge in [-0.05, 0) is 31.6 Å². The van der Waals surface area contributed by atoms with Crippen LogP contribution in [0.4, 0.5) is 5.95 Å². The number of ether oxygens (including phenoxy) is 3. The Labute approximate surface area is 221 Å². The molecule has 38 heavy (non-hydrogen) atoms. The van der Waals surface area contributed by atoms with Crippen molar-refractivity contribution in [3.8, 4) is 5.88 Å². The molecule has 0 saturated carbocycles. The van der Waals surface area contributed by atoms with Crippen LogP contribution in [0.25, 0.3) is 11.2 Å². The van der Waals surface area contributed by atoms with E-state index < -0.39 is 26.1 Å². The lowest BCUT2D eigenvalue weighted by Crippen LogP contribution is -2.18. The fraction of sp³-hybridized carbons (Fsp3) is 0.696. The van der Waals surface area contributed by atoms with E-state index in [1.54, 1.807) is 4.57 Å². The van der Waals surface area contributed by atoms with Gasteiger partial charge in [0.25, 0.3) is 5.88 Å². The smallest absolute Gasteiger partial charge is 0.463 e. The van der Waals surface area contributed by atoms with Gasteiger partial charge in [-0.2, -0.15) is 9.97 Å². The predicted molar refractivity (Wildman–Crippen MR) is 135 cm³/mol. The Bertz CT molecular complexity index is 1140. The largest absolute Gasteiger partial charge is 0.474 e. The van der Waals surface area contributed by atoms with Crippen molar-refractivity contribution in [3.63, 3.8) is 0 Å². The van der Waals surface area contributed by atoms with Crippen LogP contribution in [0.3, 0.4) is 0 Å². The number of anilines is 1. The minimum Gasteiger partial charge on any atom is -0.463 e. The first-order valence-electron chi connectivity index (χ1n) is 12.6. The summed E-state index contributed by atoms with van der Waals surface area (Å²) in [6.45, 7) is 7.10. The van der Waals surface area contributed by atoms with Gasteiger partial charge in [-0.1, -0.05) is 20.8 Å². The summed E-state index contributed by atoms with van der Waals surface area (Å²) in [5.74, 6) is -0.688. The molecule has 3 heterocycles. The van der Waals surface area contributed by atoms with Crippen LogP contribution in [0.15, 0.2) is 6.33 Å². The highest BCUT2D eigenvalue weighted by Crippen LogP contribution is 2.50. The van der Waals surface area contributed by atoms with Crippen LogP contribution < -0.4 is 10.5 Å². The molecule has 0 amide bonds. The summed E-state index contributed by atoms with van der Waals surface area (Å²) >= 11 is 0. The van der Waals surface area contributed by atoms with Crippen molar-refractivity contribution in [1.29, 1.82) is 0 Å². The van der Waals surface area contributed by atoms with E-state index in [0.29, 0.717) is 43.7 Å². The number of nitrogen functional groups attached to an aromatic ring is 1. The molecule has 2 aromatic rings. The van der Waals surface area contributed by atoms with Gasteiger partial charge in [-0.3, -0.25) is 27.7 Å². The molecule has 0 aliphatic carbocycles. The molecule has 1 aliphatic rings. The maximum absolute atomic E-state index is 13.2. The van der Waals surface area contributed by atoms with Crippen molar-refractivity contribution >= 4 is 36.9 Å². The van der Waals surface area contributed by atoms with E-state index in [4.69, 9.17) is 33.5 Å². The molecular weight excluding hydrogens is 521 g/mol. The van der Waals surface area contributed by atoms with Gasteiger partial charge in [-0.15, -0.1) is 0 Å². The first-order valence-corrected chi connectivity index (χ1v) is 14.1. The SMILES string of the molecule is CCCC(=O)OCCOP(=O)(OCCC(C)C)OC[C@@H]1CC[C@H](n2cnc3c(OC(C)=O)nc(N)nc32)O1. The molecule has 3 rings (SSSR count). The number of nitrogens with two attached hydrogens (primary N) is 1. The molecule has 2 N–H and O–H groups in total. The van der Waals surface area contributed by atoms with Crippen LogP contribution in [0.5, 0.6) is 5.88 Å². The average Bonchev–Trinajstić information content (AvgIpc) is 3.47. The molecule has 0 aromatic carbocycles. The zero-order chi connectivity index (χ0) is 27.7. The highest BCUT2D eigenvalue weighted by Gasteiger charge is 2.33. The Morgan fingerprint density at radius 2 is 1.95 bits per heavy atom. The van der Waals surface area contributed by atoms with Crippen molar-refractivity contribution in [2.45, 2.75) is 72.1 Å². The maximum Gasteiger partial charge on any atom is 0.474 e. The molecule has 0 spiro atoms. The number of esters is 2. The van der Waals surface area contributed by atoms with Crippen LogP contribution in [0.2, 0.25) is 0 Å². The quantitative estimate of drug-likeness (QED) is 0.191. The zero-order valence-corrected chi connectivity index (χ0v) is 23.1. The van der Waals surface area contributed by atoms with Gasteiger partial charge in [0.1, 0.15) is 12.8 Å². The number of aromatic nitrogens is 4. The zero-order valence-electron chi connectivity index (χ0n) is 22.2. The summed E-state index contributed by atoms with van der Waals surface area (Å²) in [6, 6.07) is 0. The molecule has 2 aromatic heterocycles. The Morgan fingerprint density at radius 3 is 2.66 bits per heavy atom. The second kappa shape index (κ2) is 13.9. The molecule has 0 radical (unpaired) electrons. The number of phosphoric acid groups is 1. The molecule has 1 saturated heterocycles. The van der Waals surface area contributed by atoms with E-state index >= 15 is 0 Å². The first kappa shape index (κ1) is 29.9. The Kier molecular flexibility index (Phi) is 11.0. The van der Waals surface area contributed by atoms with Crippen molar-refractivity contribution in [2.24, 2.45) is 5.92 Å². The Balaban J connectivity index is 1.60. The maximum atomic E-state index is 13.2. The van der Waals surface area contributed by atoms with Gasteiger partial charge in [0.2, 0.25) is 5.95 Å². The molecule has 1 fully saturated rings. The highest BCUT2D eigenvalue weighted by molar-refractivity contribution is 7.48. The lowest BCUT2D eigenvalue weighted by atomic mass is 10.2. The van der Waals surface area contributed by atoms with Gasteiger partial charge in [0, 0.05) is 13.3 Å². The van der Waals surface area contributed by atoms with E-state index in [2.05, 4.69) is 15.0 Å². The van der Waals surface area contributed by atoms with Gasteiger partial charge < -0.3 is 19.9 Å². The number of phosphoric ester groups is 1. The number of imidazole rings is 1. The summed E-state index contributed by atoms with van der Waals surface area (Å²) in [5, 5.41) is 0. The molecule has 3 atom stereocenters. The van der Waals surface area contributed by atoms with Crippen molar-refractivity contribution in [2.75, 3.05) is 32.2 Å². The topological polar surface area (TPSA) is 176 Å². The number of fused-ring (bicyclic) bond motifs is 1. The fourth-order valence-electron chi connectivity index (χ4n) is 3.61. The fourth-order valence-corrected chi connectivity index (χ4v) is 4.81.